The maximum Gasteiger partial charge on any atom is 0.241 e. The number of fused-ring (bicyclic) bond motifs is 1. The van der Waals surface area contributed by atoms with E-state index in [-0.39, 0.29) is 11.7 Å². The molecule has 21 heavy (non-hydrogen) atoms. The van der Waals surface area contributed by atoms with Crippen LogP contribution in [0.4, 0.5) is 5.69 Å². The fourth-order valence-corrected chi connectivity index (χ4v) is 3.03. The van der Waals surface area contributed by atoms with E-state index >= 15 is 0 Å². The summed E-state index contributed by atoms with van der Waals surface area (Å²) in [6.45, 7) is 4.20. The van der Waals surface area contributed by atoms with E-state index in [4.69, 9.17) is 4.74 Å². The molecule has 1 aromatic rings. The average Bonchev–Trinajstić information content (AvgIpc) is 3.21. The number of nitrogens with zero attached hydrogens (tertiary/aromatic N) is 1. The standard InChI is InChI=1S/C17H15NO3/c1-16(2)12-9-17(10-21-17)14(19)8-13(12)18(15(16)20)11-6-4-3-5-7-11/h3-9H,10H2,1-2H3/t17-/m1/s1. The first-order valence-electron chi connectivity index (χ1n) is 6.99. The number of allylic oxidation sites excluding steroid dienone is 1. The Hall–Kier alpha value is -2.20. The van der Waals surface area contributed by atoms with Crippen LogP contribution in [0.3, 0.4) is 0 Å². The Kier molecular flexibility index (Phi) is 2.21. The van der Waals surface area contributed by atoms with E-state index < -0.39 is 11.0 Å². The molecule has 0 unspecified atom stereocenters. The first-order valence-corrected chi connectivity index (χ1v) is 6.99. The molecule has 4 rings (SSSR count). The number of para-hydroxylation sites is 1. The number of hydrogen-bond donors (Lipinski definition) is 0. The Morgan fingerprint density at radius 2 is 1.81 bits per heavy atom. The number of benzene rings is 1. The number of ether oxygens (including phenoxy) is 1. The number of carbonyl (C=O) groups is 2. The summed E-state index contributed by atoms with van der Waals surface area (Å²) >= 11 is 0. The topological polar surface area (TPSA) is 49.9 Å². The van der Waals surface area contributed by atoms with Gasteiger partial charge in [0.25, 0.3) is 0 Å². The molecule has 2 fully saturated rings. The number of carbonyl (C=O) groups excluding carboxylic acids is 2. The predicted molar refractivity (Wildman–Crippen MR) is 77.6 cm³/mol. The first-order chi connectivity index (χ1) is 9.96. The molecule has 0 bridgehead atoms. The Balaban J connectivity index is 1.90. The summed E-state index contributed by atoms with van der Waals surface area (Å²) in [7, 11) is 0. The molecule has 1 spiro atoms. The first kappa shape index (κ1) is 12.5. The van der Waals surface area contributed by atoms with Gasteiger partial charge in [-0.05, 0) is 37.6 Å². The molecule has 2 aliphatic heterocycles. The molecular weight excluding hydrogens is 266 g/mol. The highest BCUT2D eigenvalue weighted by Gasteiger charge is 2.57. The summed E-state index contributed by atoms with van der Waals surface area (Å²) in [5.74, 6) is -0.0932. The lowest BCUT2D eigenvalue weighted by Gasteiger charge is -2.21. The van der Waals surface area contributed by atoms with Gasteiger partial charge in [0.2, 0.25) is 5.91 Å². The van der Waals surface area contributed by atoms with Gasteiger partial charge in [-0.2, -0.15) is 0 Å². The average molecular weight is 281 g/mol. The van der Waals surface area contributed by atoms with Crippen LogP contribution in [0.25, 0.3) is 0 Å². The van der Waals surface area contributed by atoms with Crippen LogP contribution in [0, 0.1) is 5.41 Å². The molecule has 2 heterocycles. The SMILES string of the molecule is CC1(C)C(=O)N(c2ccccc2)C2=CC(=O)[C@@]3(C=C21)CO3. The highest BCUT2D eigenvalue weighted by atomic mass is 16.6. The zero-order valence-electron chi connectivity index (χ0n) is 11.9. The van der Waals surface area contributed by atoms with Gasteiger partial charge in [-0.15, -0.1) is 0 Å². The number of anilines is 1. The van der Waals surface area contributed by atoms with Gasteiger partial charge in [-0.1, -0.05) is 18.2 Å². The van der Waals surface area contributed by atoms with E-state index in [0.29, 0.717) is 12.3 Å². The van der Waals surface area contributed by atoms with Crippen LogP contribution in [0.2, 0.25) is 0 Å². The van der Waals surface area contributed by atoms with Crippen molar-refractivity contribution in [2.24, 2.45) is 5.41 Å². The second kappa shape index (κ2) is 3.71. The van der Waals surface area contributed by atoms with Gasteiger partial charge < -0.3 is 4.74 Å². The van der Waals surface area contributed by atoms with Crippen molar-refractivity contribution < 1.29 is 14.3 Å². The molecule has 0 N–H and O–H groups in total. The van der Waals surface area contributed by atoms with Crippen LogP contribution >= 0.6 is 0 Å². The molecule has 0 radical (unpaired) electrons. The van der Waals surface area contributed by atoms with Gasteiger partial charge in [0.05, 0.1) is 17.7 Å². The van der Waals surface area contributed by atoms with Crippen LogP contribution < -0.4 is 4.90 Å². The minimum absolute atomic E-state index is 0.0169. The lowest BCUT2D eigenvalue weighted by atomic mass is 9.80. The highest BCUT2D eigenvalue weighted by molar-refractivity contribution is 6.13. The van der Waals surface area contributed by atoms with E-state index in [1.165, 1.54) is 0 Å². The largest absolute Gasteiger partial charge is 0.356 e. The molecule has 1 aromatic carbocycles. The number of hydrogen-bond acceptors (Lipinski definition) is 3. The van der Waals surface area contributed by atoms with E-state index in [1.54, 1.807) is 11.0 Å². The van der Waals surface area contributed by atoms with Crippen LogP contribution in [-0.2, 0) is 14.3 Å². The maximum atomic E-state index is 12.8. The van der Waals surface area contributed by atoms with E-state index in [2.05, 4.69) is 0 Å². The maximum absolute atomic E-state index is 12.8. The van der Waals surface area contributed by atoms with Crippen molar-refractivity contribution >= 4 is 17.4 Å². The van der Waals surface area contributed by atoms with Crippen molar-refractivity contribution in [3.05, 3.63) is 53.8 Å². The zero-order valence-corrected chi connectivity index (χ0v) is 11.9. The van der Waals surface area contributed by atoms with E-state index in [9.17, 15) is 9.59 Å². The smallest absolute Gasteiger partial charge is 0.241 e. The second-order valence-electron chi connectivity index (χ2n) is 6.23. The Morgan fingerprint density at radius 3 is 2.43 bits per heavy atom. The third-order valence-electron chi connectivity index (χ3n) is 4.46. The second-order valence-corrected chi connectivity index (χ2v) is 6.23. The minimum Gasteiger partial charge on any atom is -0.356 e. The lowest BCUT2D eigenvalue weighted by molar-refractivity contribution is -0.123. The normalized spacial score (nSPS) is 29.3. The van der Waals surface area contributed by atoms with E-state index in [1.807, 2.05) is 50.3 Å². The van der Waals surface area contributed by atoms with Crippen molar-refractivity contribution in [2.45, 2.75) is 19.4 Å². The fraction of sp³-hybridized carbons (Fsp3) is 0.294. The summed E-state index contributed by atoms with van der Waals surface area (Å²) in [5.41, 5.74) is 0.895. The number of rotatable bonds is 1. The molecular formula is C17H15NO3. The number of epoxide rings is 1. The summed E-state index contributed by atoms with van der Waals surface area (Å²) < 4.78 is 5.33. The zero-order chi connectivity index (χ0) is 14.8. The molecule has 0 aromatic heterocycles. The van der Waals surface area contributed by atoms with Crippen molar-refractivity contribution in [2.75, 3.05) is 11.5 Å². The summed E-state index contributed by atoms with van der Waals surface area (Å²) in [4.78, 5) is 26.7. The van der Waals surface area contributed by atoms with Crippen LogP contribution in [-0.4, -0.2) is 23.9 Å². The molecule has 2 saturated heterocycles. The summed E-state index contributed by atoms with van der Waals surface area (Å²) in [6.07, 6.45) is 3.40. The van der Waals surface area contributed by atoms with Crippen LogP contribution in [0.15, 0.2) is 53.8 Å². The van der Waals surface area contributed by atoms with Crippen LogP contribution in [0.1, 0.15) is 13.8 Å². The fourth-order valence-electron chi connectivity index (χ4n) is 3.03. The number of ketones is 1. The van der Waals surface area contributed by atoms with Gasteiger partial charge in [-0.25, -0.2) is 0 Å². The Morgan fingerprint density at radius 1 is 1.14 bits per heavy atom. The third-order valence-corrected chi connectivity index (χ3v) is 4.46. The molecule has 1 aliphatic carbocycles. The van der Waals surface area contributed by atoms with Crippen molar-refractivity contribution in [3.8, 4) is 0 Å². The highest BCUT2D eigenvalue weighted by Crippen LogP contribution is 2.50. The lowest BCUT2D eigenvalue weighted by Crippen LogP contribution is -2.30. The summed E-state index contributed by atoms with van der Waals surface area (Å²) in [6, 6.07) is 9.42. The Bertz CT molecular complexity index is 724. The molecule has 1 amide bonds. The molecule has 106 valence electrons. The quantitative estimate of drug-likeness (QED) is 0.742. The predicted octanol–water partition coefficient (Wildman–Crippen LogP) is 2.22. The molecule has 0 saturated carbocycles. The van der Waals surface area contributed by atoms with Crippen molar-refractivity contribution in [3.63, 3.8) is 0 Å². The number of amides is 1. The van der Waals surface area contributed by atoms with Crippen molar-refractivity contribution in [1.29, 1.82) is 0 Å². The molecule has 1 atom stereocenters. The van der Waals surface area contributed by atoms with Gasteiger partial charge in [0, 0.05) is 11.8 Å². The van der Waals surface area contributed by atoms with Gasteiger partial charge in [-0.3, -0.25) is 14.5 Å². The van der Waals surface area contributed by atoms with Gasteiger partial charge in [0.1, 0.15) is 0 Å². The van der Waals surface area contributed by atoms with Crippen LogP contribution in [0.5, 0.6) is 0 Å². The summed E-state index contributed by atoms with van der Waals surface area (Å²) in [5, 5.41) is 0. The van der Waals surface area contributed by atoms with Gasteiger partial charge >= 0.3 is 0 Å². The molecule has 4 heteroatoms. The van der Waals surface area contributed by atoms with Gasteiger partial charge in [0.15, 0.2) is 11.4 Å². The van der Waals surface area contributed by atoms with E-state index in [0.717, 1.165) is 11.3 Å². The minimum atomic E-state index is -0.802. The third kappa shape index (κ3) is 1.54. The Labute approximate surface area is 122 Å². The molecule has 3 aliphatic rings. The monoisotopic (exact) mass is 281 g/mol. The molecule has 4 nitrogen and oxygen atoms in total. The van der Waals surface area contributed by atoms with Crippen molar-refractivity contribution in [1.82, 2.24) is 0 Å².